The second-order valence-corrected chi connectivity index (χ2v) is 5.45. The molecule has 0 atom stereocenters. The molecule has 0 bridgehead atoms. The molecule has 1 heterocycles. The quantitative estimate of drug-likeness (QED) is 0.598. The number of aromatic nitrogens is 1. The van der Waals surface area contributed by atoms with Crippen molar-refractivity contribution < 1.29 is 14.3 Å². The molecule has 0 spiro atoms. The number of carbonyl (C=O) groups is 1. The fourth-order valence-electron chi connectivity index (χ4n) is 1.90. The molecule has 0 radical (unpaired) electrons. The van der Waals surface area contributed by atoms with Crippen LogP contribution in [0.15, 0.2) is 18.2 Å². The smallest absolute Gasteiger partial charge is 0.305 e. The van der Waals surface area contributed by atoms with Gasteiger partial charge < -0.3 is 14.8 Å². The van der Waals surface area contributed by atoms with Gasteiger partial charge >= 0.3 is 5.97 Å². The Balaban J connectivity index is 1.86. The summed E-state index contributed by atoms with van der Waals surface area (Å²) in [5, 5.41) is 4.11. The summed E-state index contributed by atoms with van der Waals surface area (Å²) in [6.07, 6.45) is 1.17. The van der Waals surface area contributed by atoms with Gasteiger partial charge in [-0.15, -0.1) is 0 Å². The predicted molar refractivity (Wildman–Crippen MR) is 85.1 cm³/mol. The Morgan fingerprint density at radius 2 is 2.19 bits per heavy atom. The van der Waals surface area contributed by atoms with Gasteiger partial charge in [-0.25, -0.2) is 4.98 Å². The average molecular weight is 308 g/mol. The number of ether oxygens (including phenoxy) is 2. The van der Waals surface area contributed by atoms with E-state index < -0.39 is 0 Å². The zero-order valence-electron chi connectivity index (χ0n) is 12.3. The Morgan fingerprint density at radius 3 is 2.95 bits per heavy atom. The number of thiazole rings is 1. The van der Waals surface area contributed by atoms with Gasteiger partial charge in [0.15, 0.2) is 5.13 Å². The van der Waals surface area contributed by atoms with Gasteiger partial charge in [-0.3, -0.25) is 4.79 Å². The number of carbonyl (C=O) groups excluding carboxylic acids is 1. The summed E-state index contributed by atoms with van der Waals surface area (Å²) in [5.41, 5.74) is 0.955. The van der Waals surface area contributed by atoms with Crippen LogP contribution in [0.5, 0.6) is 5.75 Å². The van der Waals surface area contributed by atoms with Crippen LogP contribution in [0, 0.1) is 0 Å². The number of benzene rings is 1. The first-order chi connectivity index (χ1) is 10.2. The molecule has 0 aliphatic rings. The van der Waals surface area contributed by atoms with Gasteiger partial charge in [0.2, 0.25) is 0 Å². The molecule has 21 heavy (non-hydrogen) atoms. The van der Waals surface area contributed by atoms with E-state index in [1.165, 1.54) is 0 Å². The summed E-state index contributed by atoms with van der Waals surface area (Å²) in [6, 6.07) is 5.89. The van der Waals surface area contributed by atoms with Crippen molar-refractivity contribution >= 4 is 32.7 Å². The largest absolute Gasteiger partial charge is 0.494 e. The molecule has 0 aliphatic carbocycles. The zero-order valence-corrected chi connectivity index (χ0v) is 13.2. The van der Waals surface area contributed by atoms with E-state index >= 15 is 0 Å². The predicted octanol–water partition coefficient (Wildman–Crippen LogP) is 3.45. The molecule has 114 valence electrons. The van der Waals surface area contributed by atoms with E-state index in [9.17, 15) is 4.79 Å². The summed E-state index contributed by atoms with van der Waals surface area (Å²) in [7, 11) is 0. The van der Waals surface area contributed by atoms with Gasteiger partial charge in [-0.05, 0) is 38.5 Å². The molecule has 0 saturated heterocycles. The van der Waals surface area contributed by atoms with E-state index in [-0.39, 0.29) is 5.97 Å². The minimum Gasteiger partial charge on any atom is -0.494 e. The Labute approximate surface area is 128 Å². The van der Waals surface area contributed by atoms with Crippen molar-refractivity contribution in [3.05, 3.63) is 18.2 Å². The van der Waals surface area contributed by atoms with E-state index in [4.69, 9.17) is 9.47 Å². The van der Waals surface area contributed by atoms with Crippen molar-refractivity contribution in [1.82, 2.24) is 4.98 Å². The van der Waals surface area contributed by atoms with Gasteiger partial charge in [-0.1, -0.05) is 11.3 Å². The van der Waals surface area contributed by atoms with Crippen molar-refractivity contribution in [3.8, 4) is 5.75 Å². The number of nitrogens with one attached hydrogen (secondary N) is 1. The third-order valence-corrected chi connectivity index (χ3v) is 3.79. The normalized spacial score (nSPS) is 10.6. The van der Waals surface area contributed by atoms with Crippen LogP contribution in [0.1, 0.15) is 26.7 Å². The number of esters is 1. The molecule has 0 amide bonds. The van der Waals surface area contributed by atoms with Crippen LogP contribution in [-0.2, 0) is 9.53 Å². The van der Waals surface area contributed by atoms with Crippen molar-refractivity contribution in [2.24, 2.45) is 0 Å². The Morgan fingerprint density at radius 1 is 1.33 bits per heavy atom. The summed E-state index contributed by atoms with van der Waals surface area (Å²) in [4.78, 5) is 15.7. The number of nitrogens with zero attached hydrogens (tertiary/aromatic N) is 1. The van der Waals surface area contributed by atoms with Crippen LogP contribution in [0.3, 0.4) is 0 Å². The first kappa shape index (κ1) is 15.6. The Kier molecular flexibility index (Phi) is 5.80. The van der Waals surface area contributed by atoms with Gasteiger partial charge in [0.25, 0.3) is 0 Å². The van der Waals surface area contributed by atoms with Gasteiger partial charge in [0.1, 0.15) is 5.75 Å². The minimum atomic E-state index is -0.148. The minimum absolute atomic E-state index is 0.148. The van der Waals surface area contributed by atoms with Gasteiger partial charge in [0, 0.05) is 13.0 Å². The maximum Gasteiger partial charge on any atom is 0.305 e. The van der Waals surface area contributed by atoms with E-state index in [0.29, 0.717) is 26.2 Å². The summed E-state index contributed by atoms with van der Waals surface area (Å²) in [6.45, 7) is 5.58. The van der Waals surface area contributed by atoms with Crippen molar-refractivity contribution in [3.63, 3.8) is 0 Å². The molecule has 1 aromatic carbocycles. The van der Waals surface area contributed by atoms with Crippen LogP contribution >= 0.6 is 11.3 Å². The van der Waals surface area contributed by atoms with Crippen LogP contribution in [0.4, 0.5) is 5.13 Å². The fraction of sp³-hybridized carbons (Fsp3) is 0.467. The number of anilines is 1. The maximum atomic E-state index is 11.2. The Hall–Kier alpha value is -1.82. The number of hydrogen-bond acceptors (Lipinski definition) is 6. The van der Waals surface area contributed by atoms with Crippen LogP contribution in [-0.4, -0.2) is 30.7 Å². The maximum absolute atomic E-state index is 11.2. The van der Waals surface area contributed by atoms with Crippen molar-refractivity contribution in [2.75, 3.05) is 25.1 Å². The summed E-state index contributed by atoms with van der Waals surface area (Å²) < 4.78 is 11.5. The molecule has 5 nitrogen and oxygen atoms in total. The summed E-state index contributed by atoms with van der Waals surface area (Å²) >= 11 is 1.59. The molecule has 2 rings (SSSR count). The lowest BCUT2D eigenvalue weighted by Gasteiger charge is -2.02. The van der Waals surface area contributed by atoms with Crippen LogP contribution in [0.25, 0.3) is 10.2 Å². The third kappa shape index (κ3) is 4.60. The lowest BCUT2D eigenvalue weighted by molar-refractivity contribution is -0.143. The molecule has 0 fully saturated rings. The molecule has 6 heteroatoms. The standard InChI is InChI=1S/C15H20N2O3S/c1-3-19-11-7-8-12-13(10-11)21-15(17-12)16-9-5-6-14(18)20-4-2/h7-8,10H,3-6,9H2,1-2H3,(H,16,17). The highest BCUT2D eigenvalue weighted by molar-refractivity contribution is 7.22. The van der Waals surface area contributed by atoms with Gasteiger partial charge in [-0.2, -0.15) is 0 Å². The number of rotatable bonds is 8. The molecule has 0 aliphatic heterocycles. The van der Waals surface area contributed by atoms with Crippen molar-refractivity contribution in [1.29, 1.82) is 0 Å². The lowest BCUT2D eigenvalue weighted by Crippen LogP contribution is -2.07. The lowest BCUT2D eigenvalue weighted by atomic mass is 10.3. The second kappa shape index (κ2) is 7.83. The Bertz CT molecular complexity index is 598. The van der Waals surface area contributed by atoms with Gasteiger partial charge in [0.05, 0.1) is 23.4 Å². The molecule has 1 aromatic heterocycles. The zero-order chi connectivity index (χ0) is 15.1. The van der Waals surface area contributed by atoms with E-state index in [1.807, 2.05) is 32.0 Å². The molecular formula is C15H20N2O3S. The fourth-order valence-corrected chi connectivity index (χ4v) is 2.82. The van der Waals surface area contributed by atoms with Crippen molar-refractivity contribution in [2.45, 2.75) is 26.7 Å². The van der Waals surface area contributed by atoms with E-state index in [2.05, 4.69) is 10.3 Å². The molecule has 0 saturated carbocycles. The second-order valence-electron chi connectivity index (χ2n) is 4.42. The first-order valence-corrected chi connectivity index (χ1v) is 7.97. The highest BCUT2D eigenvalue weighted by Gasteiger charge is 2.06. The number of hydrogen-bond donors (Lipinski definition) is 1. The molecular weight excluding hydrogens is 288 g/mol. The summed E-state index contributed by atoms with van der Waals surface area (Å²) in [5.74, 6) is 0.715. The monoisotopic (exact) mass is 308 g/mol. The topological polar surface area (TPSA) is 60.5 Å². The first-order valence-electron chi connectivity index (χ1n) is 7.15. The highest BCUT2D eigenvalue weighted by Crippen LogP contribution is 2.29. The number of fused-ring (bicyclic) bond motifs is 1. The highest BCUT2D eigenvalue weighted by atomic mass is 32.1. The third-order valence-electron chi connectivity index (χ3n) is 2.81. The molecule has 1 N–H and O–H groups in total. The van der Waals surface area contributed by atoms with E-state index in [0.717, 1.165) is 27.5 Å². The van der Waals surface area contributed by atoms with E-state index in [1.54, 1.807) is 11.3 Å². The molecule has 0 unspecified atom stereocenters. The average Bonchev–Trinajstić information content (AvgIpc) is 2.86. The van der Waals surface area contributed by atoms with Crippen LogP contribution in [0.2, 0.25) is 0 Å². The SMILES string of the molecule is CCOC(=O)CCCNc1nc2ccc(OCC)cc2s1. The van der Waals surface area contributed by atoms with Crippen LogP contribution < -0.4 is 10.1 Å². The molecule has 2 aromatic rings.